The van der Waals surface area contributed by atoms with Gasteiger partial charge in [-0.2, -0.15) is 0 Å². The van der Waals surface area contributed by atoms with Crippen LogP contribution in [0.15, 0.2) is 91.2 Å². The summed E-state index contributed by atoms with van der Waals surface area (Å²) in [5, 5.41) is 12.7. The molecule has 6 aromatic rings. The molecule has 0 aliphatic carbocycles. The van der Waals surface area contributed by atoms with E-state index in [-0.39, 0.29) is 22.4 Å². The lowest BCUT2D eigenvalue weighted by Gasteiger charge is -2.10. The van der Waals surface area contributed by atoms with E-state index in [4.69, 9.17) is 13.6 Å². The number of rotatable bonds is 3. The number of benzene rings is 3. The highest BCUT2D eigenvalue weighted by molar-refractivity contribution is 6.16. The molecule has 0 atom stereocenters. The zero-order valence-corrected chi connectivity index (χ0v) is 17.9. The van der Waals surface area contributed by atoms with Gasteiger partial charge >= 0.3 is 11.3 Å². The number of ether oxygens (including phenoxy) is 1. The minimum atomic E-state index is -0.718. The predicted octanol–water partition coefficient (Wildman–Crippen LogP) is 5.43. The smallest absolute Gasteiger partial charge is 0.360 e. The molecule has 0 aliphatic rings. The highest BCUT2D eigenvalue weighted by Crippen LogP contribution is 2.44. The number of fused-ring (bicyclic) bond motifs is 4. The van der Waals surface area contributed by atoms with Gasteiger partial charge in [0.1, 0.15) is 33.7 Å². The summed E-state index contributed by atoms with van der Waals surface area (Å²) in [6, 6.07) is 21.0. The number of nitrogens with one attached hydrogen (secondary N) is 1. The van der Waals surface area contributed by atoms with Crippen LogP contribution in [0.4, 0.5) is 0 Å². The summed E-state index contributed by atoms with van der Waals surface area (Å²) >= 11 is 0. The molecule has 0 bridgehead atoms. The second-order valence-corrected chi connectivity index (χ2v) is 7.85. The largest absolute Gasteiger partial charge is 0.506 e. The monoisotopic (exact) mass is 451 g/mol. The Morgan fingerprint density at radius 1 is 0.765 bits per heavy atom. The third-order valence-corrected chi connectivity index (χ3v) is 5.98. The van der Waals surface area contributed by atoms with Crippen molar-refractivity contribution in [3.63, 3.8) is 0 Å². The molecular weight excluding hydrogens is 434 g/mol. The van der Waals surface area contributed by atoms with E-state index in [0.717, 1.165) is 0 Å². The first-order valence-corrected chi connectivity index (χ1v) is 10.5. The second-order valence-electron chi connectivity index (χ2n) is 7.85. The maximum atomic E-state index is 13.2. The normalized spacial score (nSPS) is 11.4. The van der Waals surface area contributed by atoms with Crippen molar-refractivity contribution >= 4 is 32.8 Å². The van der Waals surface area contributed by atoms with Crippen molar-refractivity contribution in [2.45, 2.75) is 0 Å². The quantitative estimate of drug-likeness (QED) is 0.348. The van der Waals surface area contributed by atoms with Gasteiger partial charge < -0.3 is 23.7 Å². The van der Waals surface area contributed by atoms with Crippen molar-refractivity contribution in [2.75, 3.05) is 7.11 Å². The number of aromatic nitrogens is 1. The molecule has 34 heavy (non-hydrogen) atoms. The average Bonchev–Trinajstić information content (AvgIpc) is 3.25. The van der Waals surface area contributed by atoms with Gasteiger partial charge in [0.15, 0.2) is 0 Å². The van der Waals surface area contributed by atoms with Gasteiger partial charge in [-0.05, 0) is 48.0 Å². The first-order chi connectivity index (χ1) is 16.6. The lowest BCUT2D eigenvalue weighted by Crippen LogP contribution is -2.04. The molecule has 3 heterocycles. The third kappa shape index (κ3) is 2.84. The van der Waals surface area contributed by atoms with E-state index < -0.39 is 11.3 Å². The molecule has 2 N–H and O–H groups in total. The number of hydrogen-bond donors (Lipinski definition) is 2. The zero-order chi connectivity index (χ0) is 23.4. The molecule has 0 unspecified atom stereocenters. The van der Waals surface area contributed by atoms with E-state index in [0.29, 0.717) is 44.3 Å². The van der Waals surface area contributed by atoms with Crippen molar-refractivity contribution in [1.29, 1.82) is 0 Å². The molecule has 7 heteroatoms. The van der Waals surface area contributed by atoms with Gasteiger partial charge in [0.2, 0.25) is 0 Å². The van der Waals surface area contributed by atoms with Crippen LogP contribution in [-0.2, 0) is 0 Å². The Morgan fingerprint density at radius 3 is 2.09 bits per heavy atom. The number of H-pyrrole nitrogens is 1. The summed E-state index contributed by atoms with van der Waals surface area (Å²) < 4.78 is 16.3. The molecule has 6 rings (SSSR count). The molecule has 0 saturated carbocycles. The molecule has 7 nitrogen and oxygen atoms in total. The van der Waals surface area contributed by atoms with Crippen LogP contribution in [-0.4, -0.2) is 17.2 Å². The second kappa shape index (κ2) is 7.38. The fourth-order valence-corrected chi connectivity index (χ4v) is 4.41. The van der Waals surface area contributed by atoms with E-state index in [1.165, 1.54) is 0 Å². The fraction of sp³-hybridized carbons (Fsp3) is 0.0370. The summed E-state index contributed by atoms with van der Waals surface area (Å²) in [7, 11) is 1.57. The lowest BCUT2D eigenvalue weighted by molar-refractivity contribution is 0.415. The van der Waals surface area contributed by atoms with E-state index in [1.54, 1.807) is 73.8 Å². The van der Waals surface area contributed by atoms with E-state index in [2.05, 4.69) is 4.98 Å². The Kier molecular flexibility index (Phi) is 4.31. The molecular formula is C27H17NO6. The third-order valence-electron chi connectivity index (χ3n) is 5.98. The number of methoxy groups -OCH3 is 1. The van der Waals surface area contributed by atoms with E-state index >= 15 is 0 Å². The van der Waals surface area contributed by atoms with Crippen LogP contribution in [0.5, 0.6) is 11.5 Å². The molecule has 3 aromatic carbocycles. The van der Waals surface area contributed by atoms with E-state index in [1.807, 2.05) is 6.07 Å². The number of aromatic hydroxyl groups is 1. The van der Waals surface area contributed by atoms with E-state index in [9.17, 15) is 14.7 Å². The Balaban J connectivity index is 1.83. The zero-order valence-electron chi connectivity index (χ0n) is 17.9. The van der Waals surface area contributed by atoms with Crippen molar-refractivity contribution in [3.8, 4) is 33.9 Å². The summed E-state index contributed by atoms with van der Waals surface area (Å²) in [4.78, 5) is 29.3. The SMILES string of the molecule is COc1ccc(-c2[nH]c3c(=O)oc4ccccc4c3c2-c2c(O)c3ccccc3oc2=O)cc1. The summed E-state index contributed by atoms with van der Waals surface area (Å²) in [5.74, 6) is 0.430. The minimum absolute atomic E-state index is 0.0356. The van der Waals surface area contributed by atoms with Crippen LogP contribution < -0.4 is 16.0 Å². The standard InChI is InChI=1S/C27H17NO6/c1-32-15-12-10-14(11-13-15)23-21(22-25(29)17-7-3-5-9-19(17)33-26(22)30)20-16-6-2-4-8-18(16)34-27(31)24(20)28-23/h2-13,28-29H,1H3. The molecule has 0 radical (unpaired) electrons. The Labute approximate surface area is 191 Å². The topological polar surface area (TPSA) is 106 Å². The molecule has 0 saturated heterocycles. The highest BCUT2D eigenvalue weighted by atomic mass is 16.5. The first kappa shape index (κ1) is 19.9. The van der Waals surface area contributed by atoms with Crippen molar-refractivity contribution in [2.24, 2.45) is 0 Å². The van der Waals surface area contributed by atoms with Crippen molar-refractivity contribution in [1.82, 2.24) is 4.98 Å². The van der Waals surface area contributed by atoms with Gasteiger partial charge in [0, 0.05) is 16.3 Å². The lowest BCUT2D eigenvalue weighted by atomic mass is 9.96. The maximum Gasteiger partial charge on any atom is 0.360 e. The number of hydrogen-bond acceptors (Lipinski definition) is 6. The number of para-hydroxylation sites is 2. The van der Waals surface area contributed by atoms with Gasteiger partial charge in [-0.25, -0.2) is 9.59 Å². The predicted molar refractivity (Wildman–Crippen MR) is 129 cm³/mol. The average molecular weight is 451 g/mol. The van der Waals surface area contributed by atoms with Crippen molar-refractivity contribution < 1.29 is 18.7 Å². The molecule has 0 spiro atoms. The highest BCUT2D eigenvalue weighted by Gasteiger charge is 2.26. The molecule has 166 valence electrons. The number of aromatic amines is 1. The Morgan fingerprint density at radius 2 is 1.38 bits per heavy atom. The van der Waals surface area contributed by atoms with Crippen LogP contribution in [0.2, 0.25) is 0 Å². The van der Waals surface area contributed by atoms with Crippen LogP contribution in [0.3, 0.4) is 0 Å². The Hall–Kier alpha value is -4.78. The Bertz CT molecular complexity index is 1840. The molecule has 0 aliphatic heterocycles. The van der Waals surface area contributed by atoms with Gasteiger partial charge in [0.05, 0.1) is 18.2 Å². The van der Waals surface area contributed by atoms with Crippen LogP contribution in [0, 0.1) is 0 Å². The van der Waals surface area contributed by atoms with Crippen molar-refractivity contribution in [3.05, 3.63) is 93.6 Å². The van der Waals surface area contributed by atoms with Gasteiger partial charge in [0.25, 0.3) is 0 Å². The first-order valence-electron chi connectivity index (χ1n) is 10.5. The van der Waals surface area contributed by atoms with Gasteiger partial charge in [-0.1, -0.05) is 30.3 Å². The van der Waals surface area contributed by atoms with Crippen LogP contribution in [0.1, 0.15) is 0 Å². The van der Waals surface area contributed by atoms with Crippen LogP contribution >= 0.6 is 0 Å². The summed E-state index contributed by atoms with van der Waals surface area (Å²) in [5.41, 5.74) is 1.000. The molecule has 3 aromatic heterocycles. The fourth-order valence-electron chi connectivity index (χ4n) is 4.41. The van der Waals surface area contributed by atoms with Gasteiger partial charge in [-0.3, -0.25) is 0 Å². The minimum Gasteiger partial charge on any atom is -0.506 e. The summed E-state index contributed by atoms with van der Waals surface area (Å²) in [6.07, 6.45) is 0. The van der Waals surface area contributed by atoms with Crippen LogP contribution in [0.25, 0.3) is 55.2 Å². The molecule has 0 amide bonds. The molecule has 0 fully saturated rings. The maximum absolute atomic E-state index is 13.2. The summed E-state index contributed by atoms with van der Waals surface area (Å²) in [6.45, 7) is 0. The van der Waals surface area contributed by atoms with Gasteiger partial charge in [-0.15, -0.1) is 0 Å².